The normalized spacial score (nSPS) is 13.7. The summed E-state index contributed by atoms with van der Waals surface area (Å²) >= 11 is 0. The number of benzene rings is 12. The van der Waals surface area contributed by atoms with Gasteiger partial charge in [0.1, 0.15) is 0 Å². The molecule has 0 saturated carbocycles. The minimum atomic E-state index is -0.0974. The van der Waals surface area contributed by atoms with Crippen molar-refractivity contribution in [3.63, 3.8) is 0 Å². The first kappa shape index (κ1) is 49.2. The highest BCUT2D eigenvalue weighted by atomic mass is 15.2. The fourth-order valence-corrected chi connectivity index (χ4v) is 13.0. The number of fused-ring (bicyclic) bond motifs is 11. The smallest absolute Gasteiger partial charge is 0.252 e. The van der Waals surface area contributed by atoms with Gasteiger partial charge in [0.2, 0.25) is 0 Å². The zero-order valence-corrected chi connectivity index (χ0v) is 48.0. The van der Waals surface area contributed by atoms with Crippen LogP contribution in [0.2, 0.25) is 0 Å². The quantitative estimate of drug-likeness (QED) is 0.0989. The molecule has 0 saturated heterocycles. The third-order valence-corrected chi connectivity index (χ3v) is 17.6. The summed E-state index contributed by atoms with van der Waals surface area (Å²) in [6, 6.07) is 78.1. The van der Waals surface area contributed by atoms with Crippen molar-refractivity contribution in [1.29, 1.82) is 0 Å². The van der Waals surface area contributed by atoms with E-state index in [9.17, 15) is 0 Å². The lowest BCUT2D eigenvalue weighted by molar-refractivity contribution is 0.568. The second kappa shape index (κ2) is 17.2. The third kappa shape index (κ3) is 8.14. The Morgan fingerprint density at radius 3 is 1.05 bits per heavy atom. The maximum absolute atomic E-state index is 2.67. The van der Waals surface area contributed by atoms with E-state index in [1.807, 2.05) is 0 Å². The Morgan fingerprint density at radius 2 is 0.633 bits per heavy atom. The van der Waals surface area contributed by atoms with Gasteiger partial charge in [0, 0.05) is 34.1 Å². The van der Waals surface area contributed by atoms with E-state index < -0.39 is 0 Å². The largest absolute Gasteiger partial charge is 0.311 e. The van der Waals surface area contributed by atoms with Crippen LogP contribution in [0.5, 0.6) is 0 Å². The topological polar surface area (TPSA) is 6.48 Å². The maximum atomic E-state index is 2.67. The predicted octanol–water partition coefficient (Wildman–Crippen LogP) is 19.5. The summed E-state index contributed by atoms with van der Waals surface area (Å²) in [5.74, 6) is 0. The Balaban J connectivity index is 1.16. The molecule has 0 unspecified atom stereocenters. The van der Waals surface area contributed by atoms with Gasteiger partial charge in [0.05, 0.1) is 0 Å². The van der Waals surface area contributed by atoms with Gasteiger partial charge in [0.25, 0.3) is 6.71 Å². The summed E-state index contributed by atoms with van der Waals surface area (Å²) in [5, 5.41) is 15.1. The van der Waals surface area contributed by atoms with E-state index in [0.717, 1.165) is 0 Å². The summed E-state index contributed by atoms with van der Waals surface area (Å²) in [6.07, 6.45) is 0. The highest BCUT2D eigenvalue weighted by Gasteiger charge is 2.45. The fourth-order valence-electron chi connectivity index (χ4n) is 13.0. The lowest BCUT2D eigenvalue weighted by Gasteiger charge is -2.45. The van der Waals surface area contributed by atoms with Gasteiger partial charge in [-0.3, -0.25) is 0 Å². The molecule has 0 amide bonds. The standard InChI is InChI=1S/C76H69BN2/c1-73(2,3)58-40-59(74(4,5)6)43-62(42-58)78-68-36-55-32-49-22-15-13-20-47(49)30-53(55)34-66(68)77-67-35-54-31-48-21-14-16-23-50(48)33-56(54)37-69(67)79(63-44-60(75(7,8)9)41-61(45-63)76(10,11)12)71-39-57(38-70(78)72(71)77)51-27-28-65-52(29-51)26-25-46-19-17-18-24-64(46)65/h13-45H,1-12H3. The van der Waals surface area contributed by atoms with Crippen molar-refractivity contribution in [1.82, 2.24) is 0 Å². The second-order valence-electron chi connectivity index (χ2n) is 27.2. The first-order valence-corrected chi connectivity index (χ1v) is 28.6. The molecular formula is C76H69BN2. The molecule has 0 N–H and O–H groups in total. The first-order chi connectivity index (χ1) is 37.6. The zero-order chi connectivity index (χ0) is 54.7. The van der Waals surface area contributed by atoms with Gasteiger partial charge < -0.3 is 9.80 Å². The van der Waals surface area contributed by atoms with Gasteiger partial charge in [-0.2, -0.15) is 0 Å². The molecule has 0 aromatic heterocycles. The van der Waals surface area contributed by atoms with E-state index in [1.54, 1.807) is 0 Å². The molecule has 386 valence electrons. The molecule has 2 aliphatic rings. The molecule has 0 spiro atoms. The van der Waals surface area contributed by atoms with Crippen LogP contribution in [0.25, 0.3) is 75.8 Å². The van der Waals surface area contributed by atoms with Crippen molar-refractivity contribution in [2.75, 3.05) is 9.80 Å². The number of nitrogens with zero attached hydrogens (tertiary/aromatic N) is 2. The van der Waals surface area contributed by atoms with E-state index in [4.69, 9.17) is 0 Å². The maximum Gasteiger partial charge on any atom is 0.252 e. The van der Waals surface area contributed by atoms with E-state index >= 15 is 0 Å². The Labute approximate surface area is 467 Å². The van der Waals surface area contributed by atoms with Crippen LogP contribution in [0, 0.1) is 0 Å². The summed E-state index contributed by atoms with van der Waals surface area (Å²) in [6.45, 7) is 28.3. The monoisotopic (exact) mass is 1020 g/mol. The van der Waals surface area contributed by atoms with Crippen LogP contribution in [-0.2, 0) is 21.7 Å². The van der Waals surface area contributed by atoms with Crippen LogP contribution in [0.15, 0.2) is 200 Å². The van der Waals surface area contributed by atoms with Gasteiger partial charge >= 0.3 is 0 Å². The number of rotatable bonds is 3. The third-order valence-electron chi connectivity index (χ3n) is 17.6. The highest BCUT2D eigenvalue weighted by Crippen LogP contribution is 2.50. The van der Waals surface area contributed by atoms with Crippen LogP contribution in [0.3, 0.4) is 0 Å². The predicted molar refractivity (Wildman–Crippen MR) is 346 cm³/mol. The van der Waals surface area contributed by atoms with Crippen LogP contribution < -0.4 is 26.2 Å². The van der Waals surface area contributed by atoms with Crippen LogP contribution in [-0.4, -0.2) is 6.71 Å². The molecular weight excluding hydrogens is 952 g/mol. The van der Waals surface area contributed by atoms with Crippen molar-refractivity contribution >= 4 is 122 Å². The molecule has 12 aromatic carbocycles. The number of hydrogen-bond donors (Lipinski definition) is 0. The SMILES string of the molecule is CC(C)(C)c1cc(N2c3cc4cc5ccccc5cc4cc3B3c4cc5cc6ccccc6cc5cc4N(c4cc(C(C)(C)C)cc(C(C)(C)C)c4)c4cc(-c5ccc6c(ccc7ccccc76)c5)cc2c43)cc(C(C)(C)C)c1. The average Bonchev–Trinajstić information content (AvgIpc) is 3.18. The molecule has 12 aromatic rings. The molecule has 14 rings (SSSR count). The van der Waals surface area contributed by atoms with E-state index in [1.165, 1.54) is 149 Å². The molecule has 0 fully saturated rings. The summed E-state index contributed by atoms with van der Waals surface area (Å²) in [4.78, 5) is 5.34. The van der Waals surface area contributed by atoms with E-state index in [-0.39, 0.29) is 28.4 Å². The molecule has 2 heterocycles. The minimum Gasteiger partial charge on any atom is -0.311 e. The molecule has 2 aliphatic heterocycles. The van der Waals surface area contributed by atoms with Crippen molar-refractivity contribution < 1.29 is 0 Å². The van der Waals surface area contributed by atoms with E-state index in [0.29, 0.717) is 0 Å². The molecule has 79 heavy (non-hydrogen) atoms. The van der Waals surface area contributed by atoms with Crippen molar-refractivity contribution in [3.8, 4) is 11.1 Å². The van der Waals surface area contributed by atoms with Gasteiger partial charge in [-0.1, -0.05) is 204 Å². The molecule has 0 bridgehead atoms. The molecule has 0 aliphatic carbocycles. The second-order valence-corrected chi connectivity index (χ2v) is 27.2. The summed E-state index contributed by atoms with van der Waals surface area (Å²) in [5.41, 5.74) is 18.5. The minimum absolute atomic E-state index is 0.0907. The lowest BCUT2D eigenvalue weighted by Crippen LogP contribution is -2.61. The Bertz CT molecular complexity index is 4260. The van der Waals surface area contributed by atoms with Gasteiger partial charge in [-0.05, 0) is 215 Å². The molecule has 0 radical (unpaired) electrons. The number of hydrogen-bond acceptors (Lipinski definition) is 2. The Morgan fingerprint density at radius 1 is 0.266 bits per heavy atom. The van der Waals surface area contributed by atoms with Gasteiger partial charge in [0.15, 0.2) is 0 Å². The molecule has 3 heteroatoms. The molecule has 2 nitrogen and oxygen atoms in total. The van der Waals surface area contributed by atoms with Crippen LogP contribution >= 0.6 is 0 Å². The number of anilines is 6. The molecule has 0 atom stereocenters. The Hall–Kier alpha value is -8.14. The van der Waals surface area contributed by atoms with Crippen molar-refractivity contribution in [2.24, 2.45) is 0 Å². The highest BCUT2D eigenvalue weighted by molar-refractivity contribution is 7.00. The first-order valence-electron chi connectivity index (χ1n) is 28.6. The summed E-state index contributed by atoms with van der Waals surface area (Å²) in [7, 11) is 0. The van der Waals surface area contributed by atoms with Gasteiger partial charge in [-0.15, -0.1) is 0 Å². The fraction of sp³-hybridized carbons (Fsp3) is 0.211. The van der Waals surface area contributed by atoms with Crippen molar-refractivity contribution in [3.05, 3.63) is 222 Å². The average molecular weight is 1020 g/mol. The van der Waals surface area contributed by atoms with Gasteiger partial charge in [-0.25, -0.2) is 0 Å². The van der Waals surface area contributed by atoms with Crippen LogP contribution in [0.4, 0.5) is 34.1 Å². The lowest BCUT2D eigenvalue weighted by atomic mass is 9.33. The zero-order valence-electron chi connectivity index (χ0n) is 48.0. The van der Waals surface area contributed by atoms with Crippen molar-refractivity contribution in [2.45, 2.75) is 105 Å². The Kier molecular flexibility index (Phi) is 10.7. The summed E-state index contributed by atoms with van der Waals surface area (Å²) < 4.78 is 0. The van der Waals surface area contributed by atoms with E-state index in [2.05, 4.69) is 293 Å². The van der Waals surface area contributed by atoms with Crippen LogP contribution in [0.1, 0.15) is 105 Å².